The highest BCUT2D eigenvalue weighted by Crippen LogP contribution is 2.21. The zero-order valence-corrected chi connectivity index (χ0v) is 15.5. The van der Waals surface area contributed by atoms with E-state index in [1.165, 1.54) is 6.33 Å². The van der Waals surface area contributed by atoms with Crippen LogP contribution in [0.25, 0.3) is 11.2 Å². The van der Waals surface area contributed by atoms with E-state index in [2.05, 4.69) is 25.2 Å². The minimum Gasteiger partial charge on any atom is -0.484 e. The van der Waals surface area contributed by atoms with Crippen LogP contribution in [0.5, 0.6) is 5.75 Å². The van der Waals surface area contributed by atoms with Gasteiger partial charge in [0.15, 0.2) is 23.6 Å². The number of fused-ring (bicyclic) bond motifs is 1. The summed E-state index contributed by atoms with van der Waals surface area (Å²) < 4.78 is 7.16. The van der Waals surface area contributed by atoms with Gasteiger partial charge in [0.2, 0.25) is 0 Å². The van der Waals surface area contributed by atoms with Crippen LogP contribution in [-0.2, 0) is 11.8 Å². The third kappa shape index (κ3) is 3.63. The molecule has 0 bridgehead atoms. The van der Waals surface area contributed by atoms with E-state index in [0.29, 0.717) is 48.1 Å². The predicted molar refractivity (Wildman–Crippen MR) is 99.8 cm³/mol. The van der Waals surface area contributed by atoms with E-state index in [1.54, 1.807) is 40.9 Å². The molecule has 0 spiro atoms. The van der Waals surface area contributed by atoms with Gasteiger partial charge in [0.25, 0.3) is 5.91 Å². The summed E-state index contributed by atoms with van der Waals surface area (Å²) in [6, 6.07) is 6.95. The molecule has 0 N–H and O–H groups in total. The van der Waals surface area contributed by atoms with Crippen LogP contribution in [0.2, 0.25) is 5.02 Å². The van der Waals surface area contributed by atoms with E-state index in [0.717, 1.165) is 5.82 Å². The molecule has 0 aliphatic carbocycles. The second-order valence-corrected chi connectivity index (χ2v) is 6.63. The Morgan fingerprint density at radius 1 is 1.15 bits per heavy atom. The molecule has 4 rings (SSSR count). The molecule has 0 atom stereocenters. The number of amides is 1. The number of nitrogens with zero attached hydrogens (tertiary/aromatic N) is 7. The first kappa shape index (κ1) is 17.5. The van der Waals surface area contributed by atoms with Gasteiger partial charge in [0.05, 0.1) is 0 Å². The normalized spacial score (nSPS) is 14.6. The number of ether oxygens (including phenoxy) is 1. The molecule has 0 unspecified atom stereocenters. The van der Waals surface area contributed by atoms with Crippen molar-refractivity contribution >= 4 is 34.5 Å². The maximum Gasteiger partial charge on any atom is 0.260 e. The standard InChI is InChI=1S/C17H18ClN7O2/c1-23-16-15(21-22-23)17(20-11-19-16)25-8-6-24(7-9-25)14(26)10-27-13-4-2-12(18)3-5-13/h2-5,11H,6-10H2,1H3. The Bertz CT molecular complexity index is 952. The maximum absolute atomic E-state index is 12.4. The summed E-state index contributed by atoms with van der Waals surface area (Å²) in [7, 11) is 1.80. The van der Waals surface area contributed by atoms with Crippen molar-refractivity contribution in [2.24, 2.45) is 7.05 Å². The molecule has 10 heteroatoms. The number of hydrogen-bond donors (Lipinski definition) is 0. The van der Waals surface area contributed by atoms with Crippen molar-refractivity contribution in [1.82, 2.24) is 29.9 Å². The maximum atomic E-state index is 12.4. The average Bonchev–Trinajstić information content (AvgIpc) is 3.09. The van der Waals surface area contributed by atoms with Crippen molar-refractivity contribution in [3.8, 4) is 5.75 Å². The van der Waals surface area contributed by atoms with E-state index in [4.69, 9.17) is 16.3 Å². The second-order valence-electron chi connectivity index (χ2n) is 6.19. The number of halogens is 1. The molecule has 0 radical (unpaired) electrons. The van der Waals surface area contributed by atoms with Gasteiger partial charge in [0, 0.05) is 38.2 Å². The molecular formula is C17H18ClN7O2. The van der Waals surface area contributed by atoms with Crippen LogP contribution in [0.3, 0.4) is 0 Å². The van der Waals surface area contributed by atoms with E-state index >= 15 is 0 Å². The summed E-state index contributed by atoms with van der Waals surface area (Å²) in [6.07, 6.45) is 1.51. The van der Waals surface area contributed by atoms with E-state index in [9.17, 15) is 4.79 Å². The molecule has 3 heterocycles. The SMILES string of the molecule is Cn1nnc2c(N3CCN(C(=O)COc4ccc(Cl)cc4)CC3)ncnc21. The van der Waals surface area contributed by atoms with Gasteiger partial charge < -0.3 is 14.5 Å². The van der Waals surface area contributed by atoms with Gasteiger partial charge in [-0.3, -0.25) is 4.79 Å². The Morgan fingerprint density at radius 2 is 1.89 bits per heavy atom. The first-order valence-corrected chi connectivity index (χ1v) is 8.91. The zero-order chi connectivity index (χ0) is 18.8. The molecule has 3 aromatic rings. The number of piperazine rings is 1. The van der Waals surface area contributed by atoms with Crippen molar-refractivity contribution in [3.05, 3.63) is 35.6 Å². The lowest BCUT2D eigenvalue weighted by molar-refractivity contribution is -0.133. The first-order chi connectivity index (χ1) is 13.1. The number of benzene rings is 1. The van der Waals surface area contributed by atoms with Gasteiger partial charge in [-0.1, -0.05) is 16.8 Å². The predicted octanol–water partition coefficient (Wildman–Crippen LogP) is 1.14. The molecule has 1 saturated heterocycles. The highest BCUT2D eigenvalue weighted by atomic mass is 35.5. The number of aromatic nitrogens is 5. The number of rotatable bonds is 4. The second kappa shape index (κ2) is 7.36. The van der Waals surface area contributed by atoms with Crippen LogP contribution >= 0.6 is 11.6 Å². The zero-order valence-electron chi connectivity index (χ0n) is 14.7. The topological polar surface area (TPSA) is 89.3 Å². The smallest absolute Gasteiger partial charge is 0.260 e. The Balaban J connectivity index is 1.35. The van der Waals surface area contributed by atoms with Gasteiger partial charge in [-0.2, -0.15) is 0 Å². The van der Waals surface area contributed by atoms with Gasteiger partial charge in [-0.05, 0) is 24.3 Å². The fourth-order valence-electron chi connectivity index (χ4n) is 3.01. The van der Waals surface area contributed by atoms with Crippen LogP contribution in [0.1, 0.15) is 0 Å². The molecule has 0 saturated carbocycles. The van der Waals surface area contributed by atoms with Gasteiger partial charge in [-0.15, -0.1) is 5.10 Å². The molecule has 1 amide bonds. The minimum absolute atomic E-state index is 0.00352. The lowest BCUT2D eigenvalue weighted by Gasteiger charge is -2.35. The summed E-state index contributed by atoms with van der Waals surface area (Å²) in [5.41, 5.74) is 1.36. The van der Waals surface area contributed by atoms with Crippen molar-refractivity contribution in [1.29, 1.82) is 0 Å². The highest BCUT2D eigenvalue weighted by molar-refractivity contribution is 6.30. The summed E-state index contributed by atoms with van der Waals surface area (Å²) >= 11 is 5.84. The molecular weight excluding hydrogens is 370 g/mol. The summed E-state index contributed by atoms with van der Waals surface area (Å²) in [5.74, 6) is 1.33. The third-order valence-corrected chi connectivity index (χ3v) is 4.73. The first-order valence-electron chi connectivity index (χ1n) is 8.53. The summed E-state index contributed by atoms with van der Waals surface area (Å²) in [6.45, 7) is 2.51. The molecule has 9 nitrogen and oxygen atoms in total. The van der Waals surface area contributed by atoms with E-state index < -0.39 is 0 Å². The van der Waals surface area contributed by atoms with E-state index in [1.807, 2.05) is 0 Å². The number of anilines is 1. The molecule has 140 valence electrons. The van der Waals surface area contributed by atoms with Crippen LogP contribution in [0.4, 0.5) is 5.82 Å². The van der Waals surface area contributed by atoms with Gasteiger partial charge in [-0.25, -0.2) is 14.6 Å². The largest absolute Gasteiger partial charge is 0.484 e. The quantitative estimate of drug-likeness (QED) is 0.663. The Labute approximate surface area is 160 Å². The molecule has 27 heavy (non-hydrogen) atoms. The Kier molecular flexibility index (Phi) is 4.76. The number of hydrogen-bond acceptors (Lipinski definition) is 7. The number of aryl methyl sites for hydroxylation is 1. The number of carbonyl (C=O) groups excluding carboxylic acids is 1. The molecule has 1 aliphatic rings. The van der Waals surface area contributed by atoms with Crippen molar-refractivity contribution < 1.29 is 9.53 Å². The minimum atomic E-state index is -0.0445. The highest BCUT2D eigenvalue weighted by Gasteiger charge is 2.24. The molecule has 1 fully saturated rings. The van der Waals surface area contributed by atoms with Crippen LogP contribution in [0.15, 0.2) is 30.6 Å². The molecule has 1 aliphatic heterocycles. The van der Waals surface area contributed by atoms with Gasteiger partial charge >= 0.3 is 0 Å². The van der Waals surface area contributed by atoms with Crippen molar-refractivity contribution in [2.45, 2.75) is 0 Å². The molecule has 2 aromatic heterocycles. The fourth-order valence-corrected chi connectivity index (χ4v) is 3.13. The summed E-state index contributed by atoms with van der Waals surface area (Å²) in [5, 5.41) is 8.79. The van der Waals surface area contributed by atoms with Crippen molar-refractivity contribution in [2.75, 3.05) is 37.7 Å². The molecule has 1 aromatic carbocycles. The number of carbonyl (C=O) groups is 1. The van der Waals surface area contributed by atoms with Crippen LogP contribution < -0.4 is 9.64 Å². The third-order valence-electron chi connectivity index (χ3n) is 4.48. The average molecular weight is 388 g/mol. The fraction of sp³-hybridized carbons (Fsp3) is 0.353. The van der Waals surface area contributed by atoms with E-state index in [-0.39, 0.29) is 12.5 Å². The summed E-state index contributed by atoms with van der Waals surface area (Å²) in [4.78, 5) is 24.9. The van der Waals surface area contributed by atoms with Gasteiger partial charge in [0.1, 0.15) is 12.1 Å². The van der Waals surface area contributed by atoms with Crippen molar-refractivity contribution in [3.63, 3.8) is 0 Å². The Morgan fingerprint density at radius 3 is 2.63 bits per heavy atom. The van der Waals surface area contributed by atoms with Crippen LogP contribution in [-0.4, -0.2) is 68.6 Å². The Hall–Kier alpha value is -2.94. The monoisotopic (exact) mass is 387 g/mol. The van der Waals surface area contributed by atoms with Crippen LogP contribution in [0, 0.1) is 0 Å². The lowest BCUT2D eigenvalue weighted by Crippen LogP contribution is -2.50. The lowest BCUT2D eigenvalue weighted by atomic mass is 10.3.